The van der Waals surface area contributed by atoms with Crippen molar-refractivity contribution >= 4 is 56.2 Å². The highest BCUT2D eigenvalue weighted by atomic mass is 16.5. The van der Waals surface area contributed by atoms with E-state index in [-0.39, 0.29) is 18.1 Å². The molecule has 0 saturated heterocycles. The molecule has 242 valence electrons. The second-order valence-electron chi connectivity index (χ2n) is 10.8. The Kier molecular flexibility index (Phi) is 10.8. The fourth-order valence-electron chi connectivity index (χ4n) is 4.86. The van der Waals surface area contributed by atoms with Gasteiger partial charge in [-0.3, -0.25) is 0 Å². The first-order chi connectivity index (χ1) is 22.8. The van der Waals surface area contributed by atoms with Gasteiger partial charge in [0.1, 0.15) is 35.8 Å². The maximum Gasteiger partial charge on any atom is 0.141 e. The van der Waals surface area contributed by atoms with Crippen LogP contribution in [-0.4, -0.2) is 68.7 Å². The van der Waals surface area contributed by atoms with Gasteiger partial charge in [0.15, 0.2) is 0 Å². The van der Waals surface area contributed by atoms with Gasteiger partial charge in [0.2, 0.25) is 0 Å². The number of nitrogens with zero attached hydrogens (tertiary/aromatic N) is 4. The van der Waals surface area contributed by atoms with Crippen molar-refractivity contribution in [2.24, 2.45) is 0 Å². The molecule has 0 unspecified atom stereocenters. The van der Waals surface area contributed by atoms with Gasteiger partial charge >= 0.3 is 0 Å². The number of phenolic OH excluding ortho intramolecular Hbond substituents is 2. The van der Waals surface area contributed by atoms with E-state index in [0.29, 0.717) is 53.7 Å². The number of aryl methyl sites for hydroxylation is 2. The zero-order valence-corrected chi connectivity index (χ0v) is 26.5. The first kappa shape index (κ1) is 32.7. The number of benzene rings is 4. The number of aliphatic hydroxyl groups is 1. The highest BCUT2D eigenvalue weighted by Gasteiger charge is 2.11. The molecule has 0 atom stereocenters. The van der Waals surface area contributed by atoms with Gasteiger partial charge in [-0.15, -0.1) is 0 Å². The zero-order valence-electron chi connectivity index (χ0n) is 26.5. The average Bonchev–Trinajstić information content (AvgIpc) is 3.05. The molecule has 12 nitrogen and oxygen atoms in total. The largest absolute Gasteiger partial charge is 0.506 e. The third-order valence-electron chi connectivity index (χ3n) is 7.12. The van der Waals surface area contributed by atoms with E-state index in [2.05, 4.69) is 41.2 Å². The summed E-state index contributed by atoms with van der Waals surface area (Å²) in [5.41, 5.74) is 6.68. The van der Waals surface area contributed by atoms with Crippen LogP contribution < -0.4 is 21.3 Å². The molecule has 0 spiro atoms. The standard InChI is InChI=1S/C18H20N4O2.C17H18N4O2/c1-12-4-3-5-13(8-12)22-18-14-9-16(19-6-7-24-2)17(23)10-15(14)20-11-21-18;1-11-3-2-4-12(7-11)21-17-13-8-15(18-5-6-22)16(23)9-14(13)19-10-20-17/h3-5,8-11,19,23H,6-7H2,1-2H3,(H,20,21,22);2-4,7-10,18,22-23H,5-6H2,1H3,(H,19,20,21). The van der Waals surface area contributed by atoms with Crippen molar-refractivity contribution in [3.63, 3.8) is 0 Å². The summed E-state index contributed by atoms with van der Waals surface area (Å²) >= 11 is 0. The molecule has 6 rings (SSSR count). The fourth-order valence-corrected chi connectivity index (χ4v) is 4.86. The normalized spacial score (nSPS) is 10.7. The second kappa shape index (κ2) is 15.5. The minimum Gasteiger partial charge on any atom is -0.506 e. The van der Waals surface area contributed by atoms with Gasteiger partial charge in [0.25, 0.3) is 0 Å². The van der Waals surface area contributed by atoms with Gasteiger partial charge in [-0.2, -0.15) is 0 Å². The van der Waals surface area contributed by atoms with Gasteiger partial charge in [-0.25, -0.2) is 19.9 Å². The van der Waals surface area contributed by atoms with Crippen LogP contribution in [0.15, 0.2) is 85.5 Å². The lowest BCUT2D eigenvalue weighted by molar-refractivity contribution is 0.210. The maximum absolute atomic E-state index is 10.1. The molecule has 0 saturated carbocycles. The van der Waals surface area contributed by atoms with Crippen LogP contribution in [0, 0.1) is 13.8 Å². The van der Waals surface area contributed by atoms with Crippen molar-refractivity contribution in [2.75, 3.05) is 54.7 Å². The number of hydrogen-bond donors (Lipinski definition) is 7. The van der Waals surface area contributed by atoms with Crippen LogP contribution in [0.3, 0.4) is 0 Å². The minimum atomic E-state index is -0.0167. The molecule has 0 bridgehead atoms. The van der Waals surface area contributed by atoms with Crippen molar-refractivity contribution in [3.05, 3.63) is 96.6 Å². The number of anilines is 6. The first-order valence-electron chi connectivity index (χ1n) is 15.0. The highest BCUT2D eigenvalue weighted by Crippen LogP contribution is 2.33. The van der Waals surface area contributed by atoms with E-state index in [9.17, 15) is 10.2 Å². The predicted octanol–water partition coefficient (Wildman–Crippen LogP) is 6.24. The molecule has 7 N–H and O–H groups in total. The summed E-state index contributed by atoms with van der Waals surface area (Å²) in [6, 6.07) is 22.9. The molecule has 0 aliphatic rings. The zero-order chi connectivity index (χ0) is 33.2. The van der Waals surface area contributed by atoms with E-state index in [1.54, 1.807) is 25.3 Å². The molecular formula is C35H38N8O4. The van der Waals surface area contributed by atoms with Gasteiger partial charge < -0.3 is 41.3 Å². The summed E-state index contributed by atoms with van der Waals surface area (Å²) in [6.45, 7) is 5.56. The Morgan fingerprint density at radius 3 is 1.57 bits per heavy atom. The highest BCUT2D eigenvalue weighted by molar-refractivity contribution is 5.95. The number of fused-ring (bicyclic) bond motifs is 2. The molecule has 4 aromatic carbocycles. The predicted molar refractivity (Wildman–Crippen MR) is 187 cm³/mol. The molecule has 12 heteroatoms. The third-order valence-corrected chi connectivity index (χ3v) is 7.12. The van der Waals surface area contributed by atoms with E-state index < -0.39 is 0 Å². The Morgan fingerprint density at radius 1 is 0.638 bits per heavy atom. The number of nitrogens with one attached hydrogen (secondary N) is 4. The molecule has 0 radical (unpaired) electrons. The summed E-state index contributed by atoms with van der Waals surface area (Å²) in [6.07, 6.45) is 2.94. The summed E-state index contributed by atoms with van der Waals surface area (Å²) in [5, 5.41) is 43.4. The van der Waals surface area contributed by atoms with Crippen LogP contribution in [0.5, 0.6) is 11.5 Å². The number of ether oxygens (including phenoxy) is 1. The minimum absolute atomic E-state index is 0.0167. The van der Waals surface area contributed by atoms with Gasteiger partial charge in [0.05, 0.1) is 35.6 Å². The van der Waals surface area contributed by atoms with Crippen LogP contribution >= 0.6 is 0 Å². The Morgan fingerprint density at radius 2 is 1.13 bits per heavy atom. The van der Waals surface area contributed by atoms with Crippen molar-refractivity contribution in [1.29, 1.82) is 0 Å². The maximum atomic E-state index is 10.1. The van der Waals surface area contributed by atoms with Crippen molar-refractivity contribution in [2.45, 2.75) is 13.8 Å². The molecule has 0 amide bonds. The fraction of sp³-hybridized carbons (Fsp3) is 0.200. The Bertz CT molecular complexity index is 1970. The topological polar surface area (TPSA) is 170 Å². The van der Waals surface area contributed by atoms with Crippen LogP contribution in [0.1, 0.15) is 11.1 Å². The molecule has 0 aliphatic heterocycles. The van der Waals surface area contributed by atoms with Gasteiger partial charge in [-0.05, 0) is 61.4 Å². The van der Waals surface area contributed by atoms with E-state index in [4.69, 9.17) is 9.84 Å². The summed E-state index contributed by atoms with van der Waals surface area (Å²) in [4.78, 5) is 17.1. The lowest BCUT2D eigenvalue weighted by Crippen LogP contribution is -2.07. The number of aliphatic hydroxyl groups excluding tert-OH is 1. The van der Waals surface area contributed by atoms with Crippen LogP contribution in [0.4, 0.5) is 34.4 Å². The van der Waals surface area contributed by atoms with Crippen LogP contribution in [0.25, 0.3) is 21.8 Å². The molecule has 0 aliphatic carbocycles. The van der Waals surface area contributed by atoms with E-state index in [1.807, 2.05) is 68.4 Å². The number of aromatic hydroxyl groups is 2. The first-order valence-corrected chi connectivity index (χ1v) is 15.0. The van der Waals surface area contributed by atoms with Crippen molar-refractivity contribution in [1.82, 2.24) is 19.9 Å². The number of aromatic nitrogens is 4. The van der Waals surface area contributed by atoms with Crippen molar-refractivity contribution in [3.8, 4) is 11.5 Å². The van der Waals surface area contributed by atoms with Gasteiger partial charge in [-0.1, -0.05) is 24.3 Å². The van der Waals surface area contributed by atoms with E-state index in [0.717, 1.165) is 33.3 Å². The SMILES string of the molecule is COCCNc1cc2c(Nc3cccc(C)c3)ncnc2cc1O.Cc1cccc(Nc2ncnc3cc(O)c(NCCO)cc23)c1. The van der Waals surface area contributed by atoms with Gasteiger partial charge in [0, 0.05) is 54.5 Å². The average molecular weight is 635 g/mol. The Balaban J connectivity index is 0.000000185. The lowest BCUT2D eigenvalue weighted by atomic mass is 10.1. The van der Waals surface area contributed by atoms with Crippen LogP contribution in [-0.2, 0) is 4.74 Å². The van der Waals surface area contributed by atoms with E-state index >= 15 is 0 Å². The lowest BCUT2D eigenvalue weighted by Gasteiger charge is -2.12. The van der Waals surface area contributed by atoms with Crippen LogP contribution in [0.2, 0.25) is 0 Å². The smallest absolute Gasteiger partial charge is 0.141 e. The van der Waals surface area contributed by atoms with Crippen molar-refractivity contribution < 1.29 is 20.1 Å². The Hall–Kier alpha value is -5.72. The van der Waals surface area contributed by atoms with E-state index in [1.165, 1.54) is 12.7 Å². The molecule has 47 heavy (non-hydrogen) atoms. The number of methoxy groups -OCH3 is 1. The molecule has 2 aromatic heterocycles. The summed E-state index contributed by atoms with van der Waals surface area (Å²) in [7, 11) is 1.64. The quantitative estimate of drug-likeness (QED) is 0.0634. The second-order valence-corrected chi connectivity index (χ2v) is 10.8. The molecule has 2 heterocycles. The molecule has 6 aromatic rings. The monoisotopic (exact) mass is 634 g/mol. The molecule has 0 fully saturated rings. The molecular weight excluding hydrogens is 596 g/mol. The number of rotatable bonds is 11. The summed E-state index contributed by atoms with van der Waals surface area (Å²) in [5.74, 6) is 1.60. The number of phenols is 2. The number of hydrogen-bond acceptors (Lipinski definition) is 12. The summed E-state index contributed by atoms with van der Waals surface area (Å²) < 4.78 is 5.02. The third kappa shape index (κ3) is 8.51. The Labute approximate surface area is 272 Å².